The van der Waals surface area contributed by atoms with Crippen molar-refractivity contribution in [3.63, 3.8) is 0 Å². The summed E-state index contributed by atoms with van der Waals surface area (Å²) in [5.41, 5.74) is 0.862. The quantitative estimate of drug-likeness (QED) is 0.757. The number of quaternary nitrogens is 1. The second-order valence-corrected chi connectivity index (χ2v) is 6.73. The summed E-state index contributed by atoms with van der Waals surface area (Å²) in [6.45, 7) is 1.36. The Labute approximate surface area is 130 Å². The van der Waals surface area contributed by atoms with Crippen LogP contribution in [-0.4, -0.2) is 19.5 Å². The Bertz CT molecular complexity index is 542. The average Bonchev–Trinajstić information content (AvgIpc) is 2.81. The van der Waals surface area contributed by atoms with E-state index in [9.17, 15) is 4.79 Å². The number of benzene rings is 1. The van der Waals surface area contributed by atoms with Crippen LogP contribution in [0, 0.1) is 3.57 Å². The number of rotatable bonds is 5. The van der Waals surface area contributed by atoms with Gasteiger partial charge >= 0.3 is 0 Å². The van der Waals surface area contributed by atoms with Crippen LogP contribution in [0.1, 0.15) is 4.88 Å². The second kappa shape index (κ2) is 7.02. The van der Waals surface area contributed by atoms with Gasteiger partial charge in [0, 0.05) is 9.26 Å². The van der Waals surface area contributed by atoms with Crippen molar-refractivity contribution >= 4 is 45.5 Å². The van der Waals surface area contributed by atoms with Gasteiger partial charge in [0.15, 0.2) is 6.54 Å². The smallest absolute Gasteiger partial charge is 0.279 e. The van der Waals surface area contributed by atoms with E-state index in [0.717, 1.165) is 15.8 Å². The molecule has 3 nitrogen and oxygen atoms in total. The number of carbonyl (C=O) groups is 1. The van der Waals surface area contributed by atoms with E-state index in [4.69, 9.17) is 0 Å². The van der Waals surface area contributed by atoms with Crippen LogP contribution >= 0.6 is 33.9 Å². The zero-order valence-electron chi connectivity index (χ0n) is 10.7. The first kappa shape index (κ1) is 14.5. The van der Waals surface area contributed by atoms with E-state index in [2.05, 4.69) is 39.4 Å². The van der Waals surface area contributed by atoms with E-state index in [-0.39, 0.29) is 5.91 Å². The zero-order chi connectivity index (χ0) is 13.7. The van der Waals surface area contributed by atoms with Crippen molar-refractivity contribution in [2.24, 2.45) is 0 Å². The highest BCUT2D eigenvalue weighted by molar-refractivity contribution is 14.1. The molecule has 2 rings (SSSR count). The Morgan fingerprint density at radius 2 is 2.21 bits per heavy atom. The van der Waals surface area contributed by atoms with Crippen LogP contribution in [0.25, 0.3) is 0 Å². The summed E-state index contributed by atoms with van der Waals surface area (Å²) < 4.78 is 1.12. The molecule has 0 saturated carbocycles. The Balaban J connectivity index is 1.84. The van der Waals surface area contributed by atoms with Crippen LogP contribution in [0.5, 0.6) is 0 Å². The number of amides is 1. The Hall–Kier alpha value is -0.920. The Morgan fingerprint density at radius 1 is 1.37 bits per heavy atom. The van der Waals surface area contributed by atoms with Crippen LogP contribution < -0.4 is 10.2 Å². The molecule has 0 bridgehead atoms. The minimum Gasteiger partial charge on any atom is -0.325 e. The zero-order valence-corrected chi connectivity index (χ0v) is 13.6. The van der Waals surface area contributed by atoms with Crippen LogP contribution in [0.2, 0.25) is 0 Å². The van der Waals surface area contributed by atoms with Gasteiger partial charge in [-0.1, -0.05) is 12.1 Å². The number of hydrogen-bond acceptors (Lipinski definition) is 2. The molecule has 1 aromatic carbocycles. The summed E-state index contributed by atoms with van der Waals surface area (Å²) in [5, 5.41) is 5.00. The van der Waals surface area contributed by atoms with Crippen molar-refractivity contribution in [1.82, 2.24) is 0 Å². The molecule has 1 heterocycles. The van der Waals surface area contributed by atoms with Crippen molar-refractivity contribution in [2.75, 3.05) is 18.9 Å². The minimum absolute atomic E-state index is 0.0519. The number of carbonyl (C=O) groups excluding carboxylic acids is 1. The maximum absolute atomic E-state index is 11.9. The van der Waals surface area contributed by atoms with Gasteiger partial charge < -0.3 is 10.2 Å². The van der Waals surface area contributed by atoms with Gasteiger partial charge in [-0.05, 0) is 52.2 Å². The molecule has 19 heavy (non-hydrogen) atoms. The second-order valence-electron chi connectivity index (χ2n) is 4.45. The molecule has 0 aliphatic rings. The molecule has 1 aromatic heterocycles. The van der Waals surface area contributed by atoms with Gasteiger partial charge in [0.25, 0.3) is 5.91 Å². The standard InChI is InChI=1S/C14H15IN2OS/c1-17(9-13-6-3-7-19-13)10-14(18)16-12-5-2-4-11(15)8-12/h2-8H,9-10H2,1H3,(H,16,18)/p+1. The summed E-state index contributed by atoms with van der Waals surface area (Å²) >= 11 is 3.97. The predicted molar refractivity (Wildman–Crippen MR) is 87.6 cm³/mol. The van der Waals surface area contributed by atoms with E-state index in [1.165, 1.54) is 9.78 Å². The van der Waals surface area contributed by atoms with Crippen molar-refractivity contribution in [3.05, 3.63) is 50.2 Å². The van der Waals surface area contributed by atoms with Gasteiger partial charge in [0.2, 0.25) is 0 Å². The fraction of sp³-hybridized carbons (Fsp3) is 0.214. The molecule has 100 valence electrons. The molecule has 0 spiro atoms. The third-order valence-electron chi connectivity index (χ3n) is 2.63. The normalized spacial score (nSPS) is 12.1. The molecular formula is C14H16IN2OS+. The molecule has 0 aliphatic carbocycles. The van der Waals surface area contributed by atoms with E-state index in [0.29, 0.717) is 6.54 Å². The van der Waals surface area contributed by atoms with Crippen LogP contribution in [0.15, 0.2) is 41.8 Å². The van der Waals surface area contributed by atoms with E-state index >= 15 is 0 Å². The van der Waals surface area contributed by atoms with Crippen molar-refractivity contribution in [2.45, 2.75) is 6.54 Å². The van der Waals surface area contributed by atoms with Crippen LogP contribution in [0.4, 0.5) is 5.69 Å². The molecule has 0 radical (unpaired) electrons. The van der Waals surface area contributed by atoms with Crippen molar-refractivity contribution < 1.29 is 9.69 Å². The highest BCUT2D eigenvalue weighted by Crippen LogP contribution is 2.11. The highest BCUT2D eigenvalue weighted by Gasteiger charge is 2.11. The first-order valence-corrected chi connectivity index (χ1v) is 7.98. The summed E-state index contributed by atoms with van der Waals surface area (Å²) in [7, 11) is 2.04. The molecule has 1 amide bonds. The lowest BCUT2D eigenvalue weighted by atomic mass is 10.3. The van der Waals surface area contributed by atoms with E-state index < -0.39 is 0 Å². The molecule has 1 atom stereocenters. The molecule has 0 fully saturated rings. The highest BCUT2D eigenvalue weighted by atomic mass is 127. The Morgan fingerprint density at radius 3 is 2.89 bits per heavy atom. The molecule has 1 unspecified atom stereocenters. The topological polar surface area (TPSA) is 33.5 Å². The maximum Gasteiger partial charge on any atom is 0.279 e. The van der Waals surface area contributed by atoms with E-state index in [1.807, 2.05) is 37.4 Å². The van der Waals surface area contributed by atoms with Crippen molar-refractivity contribution in [1.29, 1.82) is 0 Å². The average molecular weight is 387 g/mol. The summed E-state index contributed by atoms with van der Waals surface area (Å²) in [6, 6.07) is 12.0. The van der Waals surface area contributed by atoms with Gasteiger partial charge in [0.1, 0.15) is 6.54 Å². The number of hydrogen-bond donors (Lipinski definition) is 2. The number of nitrogens with one attached hydrogen (secondary N) is 2. The predicted octanol–water partition coefficient (Wildman–Crippen LogP) is 2.01. The van der Waals surface area contributed by atoms with Crippen LogP contribution in [0.3, 0.4) is 0 Å². The molecule has 2 aromatic rings. The fourth-order valence-corrected chi connectivity index (χ4v) is 3.18. The van der Waals surface area contributed by atoms with Crippen molar-refractivity contribution in [3.8, 4) is 0 Å². The van der Waals surface area contributed by atoms with Gasteiger partial charge in [0.05, 0.1) is 11.9 Å². The lowest BCUT2D eigenvalue weighted by Gasteiger charge is -2.13. The number of anilines is 1. The lowest BCUT2D eigenvalue weighted by Crippen LogP contribution is -3.08. The monoisotopic (exact) mass is 387 g/mol. The largest absolute Gasteiger partial charge is 0.325 e. The maximum atomic E-state index is 11.9. The molecule has 5 heteroatoms. The third-order valence-corrected chi connectivity index (χ3v) is 4.17. The first-order chi connectivity index (χ1) is 9.13. The minimum atomic E-state index is 0.0519. The fourth-order valence-electron chi connectivity index (χ4n) is 1.82. The number of likely N-dealkylation sites (N-methyl/N-ethyl adjacent to an activating group) is 1. The summed E-state index contributed by atoms with van der Waals surface area (Å²) in [5.74, 6) is 0.0519. The first-order valence-electron chi connectivity index (χ1n) is 6.02. The third kappa shape index (κ3) is 4.93. The van der Waals surface area contributed by atoms with Gasteiger partial charge in [-0.2, -0.15) is 0 Å². The molecule has 0 saturated heterocycles. The summed E-state index contributed by atoms with van der Waals surface area (Å²) in [6.07, 6.45) is 0. The lowest BCUT2D eigenvalue weighted by molar-refractivity contribution is -0.884. The number of thiophene rings is 1. The van der Waals surface area contributed by atoms with Gasteiger partial charge in [-0.3, -0.25) is 4.79 Å². The SMILES string of the molecule is C[NH+](CC(=O)Nc1cccc(I)c1)Cc1cccs1. The van der Waals surface area contributed by atoms with E-state index in [1.54, 1.807) is 11.3 Å². The van der Waals surface area contributed by atoms with Gasteiger partial charge in [-0.15, -0.1) is 11.3 Å². The molecule has 0 aliphatic heterocycles. The van der Waals surface area contributed by atoms with Gasteiger partial charge in [-0.25, -0.2) is 0 Å². The molecular weight excluding hydrogens is 371 g/mol. The molecule has 2 N–H and O–H groups in total. The summed E-state index contributed by atoms with van der Waals surface area (Å²) in [4.78, 5) is 14.4. The number of halogens is 1. The van der Waals surface area contributed by atoms with Crippen LogP contribution in [-0.2, 0) is 11.3 Å². The Kier molecular flexibility index (Phi) is 5.35.